The molecule has 0 spiro atoms. The van der Waals surface area contributed by atoms with Crippen molar-refractivity contribution in [2.45, 2.75) is 27.7 Å². The van der Waals surface area contributed by atoms with Crippen molar-refractivity contribution in [3.63, 3.8) is 0 Å². The van der Waals surface area contributed by atoms with E-state index < -0.39 is 11.8 Å². The summed E-state index contributed by atoms with van der Waals surface area (Å²) in [6, 6.07) is 12.6. The average Bonchev–Trinajstić information content (AvgIpc) is 2.74. The molecule has 2 aromatic carbocycles. The van der Waals surface area contributed by atoms with Crippen LogP contribution in [-0.2, 0) is 14.4 Å². The highest BCUT2D eigenvalue weighted by Gasteiger charge is 2.12. The molecule has 0 bridgehead atoms. The second-order valence-electron chi connectivity index (χ2n) is 7.48. The molecule has 3 amide bonds. The zero-order valence-electron chi connectivity index (χ0n) is 18.2. The van der Waals surface area contributed by atoms with Gasteiger partial charge in [0.1, 0.15) is 5.75 Å². The predicted octanol–water partition coefficient (Wildman–Crippen LogP) is 2.54. The van der Waals surface area contributed by atoms with E-state index in [9.17, 15) is 14.4 Å². The van der Waals surface area contributed by atoms with Crippen molar-refractivity contribution in [3.8, 4) is 5.75 Å². The number of para-hydroxylation sites is 1. The van der Waals surface area contributed by atoms with Crippen LogP contribution in [0.5, 0.6) is 5.75 Å². The molecule has 31 heavy (non-hydrogen) atoms. The molecule has 0 saturated heterocycles. The van der Waals surface area contributed by atoms with Gasteiger partial charge in [-0.3, -0.25) is 14.4 Å². The van der Waals surface area contributed by atoms with Crippen molar-refractivity contribution in [1.29, 1.82) is 0 Å². The van der Waals surface area contributed by atoms with Gasteiger partial charge in [0.2, 0.25) is 0 Å². The molecule has 0 unspecified atom stereocenters. The summed E-state index contributed by atoms with van der Waals surface area (Å²) < 4.78 is 5.52. The molecule has 8 heteroatoms. The van der Waals surface area contributed by atoms with Crippen molar-refractivity contribution in [3.05, 3.63) is 59.2 Å². The summed E-state index contributed by atoms with van der Waals surface area (Å²) in [7, 11) is 0. The van der Waals surface area contributed by atoms with Crippen LogP contribution in [0.25, 0.3) is 0 Å². The number of amides is 3. The number of rotatable bonds is 8. The fraction of sp³-hybridized carbons (Fsp3) is 0.304. The Morgan fingerprint density at radius 2 is 1.65 bits per heavy atom. The SMILES string of the molecule is Cc1cccc(C)c1NC(=O)COc1ccc(/C=N\NC(=O)C(=O)NCC(C)C)cc1. The fourth-order valence-corrected chi connectivity index (χ4v) is 2.58. The van der Waals surface area contributed by atoms with Crippen molar-refractivity contribution in [1.82, 2.24) is 10.7 Å². The highest BCUT2D eigenvalue weighted by molar-refractivity contribution is 6.35. The highest BCUT2D eigenvalue weighted by atomic mass is 16.5. The number of hydrogen-bond acceptors (Lipinski definition) is 5. The molecule has 0 aliphatic heterocycles. The van der Waals surface area contributed by atoms with Gasteiger partial charge in [0.25, 0.3) is 5.91 Å². The van der Waals surface area contributed by atoms with E-state index in [4.69, 9.17) is 4.74 Å². The van der Waals surface area contributed by atoms with Crippen molar-refractivity contribution < 1.29 is 19.1 Å². The van der Waals surface area contributed by atoms with E-state index in [0.29, 0.717) is 17.9 Å². The van der Waals surface area contributed by atoms with Crippen LogP contribution in [0.2, 0.25) is 0 Å². The Morgan fingerprint density at radius 1 is 1.00 bits per heavy atom. The molecule has 0 radical (unpaired) electrons. The van der Waals surface area contributed by atoms with E-state index in [-0.39, 0.29) is 18.4 Å². The van der Waals surface area contributed by atoms with Gasteiger partial charge < -0.3 is 15.4 Å². The van der Waals surface area contributed by atoms with Gasteiger partial charge in [-0.25, -0.2) is 5.43 Å². The van der Waals surface area contributed by atoms with Gasteiger partial charge in [-0.2, -0.15) is 5.10 Å². The van der Waals surface area contributed by atoms with E-state index in [1.165, 1.54) is 6.21 Å². The number of anilines is 1. The number of nitrogens with one attached hydrogen (secondary N) is 3. The lowest BCUT2D eigenvalue weighted by atomic mass is 10.1. The summed E-state index contributed by atoms with van der Waals surface area (Å²) >= 11 is 0. The van der Waals surface area contributed by atoms with Crippen molar-refractivity contribution in [2.24, 2.45) is 11.0 Å². The van der Waals surface area contributed by atoms with E-state index in [1.807, 2.05) is 45.9 Å². The molecular weight excluding hydrogens is 396 g/mol. The first-order chi connectivity index (χ1) is 14.8. The molecule has 0 heterocycles. The summed E-state index contributed by atoms with van der Waals surface area (Å²) in [5.74, 6) is -1.04. The number of hydrazone groups is 1. The topological polar surface area (TPSA) is 109 Å². The van der Waals surface area contributed by atoms with Gasteiger partial charge in [-0.05, 0) is 60.7 Å². The maximum atomic E-state index is 12.2. The van der Waals surface area contributed by atoms with Crippen LogP contribution in [0.1, 0.15) is 30.5 Å². The van der Waals surface area contributed by atoms with Crippen LogP contribution in [0.3, 0.4) is 0 Å². The zero-order chi connectivity index (χ0) is 22.8. The molecule has 0 atom stereocenters. The Bertz CT molecular complexity index is 932. The second kappa shape index (κ2) is 11.5. The van der Waals surface area contributed by atoms with Gasteiger partial charge in [0, 0.05) is 12.2 Å². The molecule has 2 rings (SSSR count). The van der Waals surface area contributed by atoms with Gasteiger partial charge in [-0.1, -0.05) is 32.0 Å². The van der Waals surface area contributed by atoms with Crippen LogP contribution < -0.4 is 20.8 Å². The molecule has 164 valence electrons. The molecule has 3 N–H and O–H groups in total. The van der Waals surface area contributed by atoms with Crippen LogP contribution >= 0.6 is 0 Å². The fourth-order valence-electron chi connectivity index (χ4n) is 2.58. The summed E-state index contributed by atoms with van der Waals surface area (Å²) in [6.07, 6.45) is 1.41. The Hall–Kier alpha value is -3.68. The first-order valence-electron chi connectivity index (χ1n) is 9.96. The standard InChI is InChI=1S/C23H28N4O4/c1-15(2)12-24-22(29)23(30)27-25-13-18-8-10-19(11-9-18)31-14-20(28)26-21-16(3)6-5-7-17(21)4/h5-11,13,15H,12,14H2,1-4H3,(H,24,29)(H,26,28)(H,27,30)/b25-13-. The number of ether oxygens (including phenoxy) is 1. The van der Waals surface area contributed by atoms with Gasteiger partial charge in [0.15, 0.2) is 6.61 Å². The van der Waals surface area contributed by atoms with Crippen LogP contribution in [0.4, 0.5) is 5.69 Å². The lowest BCUT2D eigenvalue weighted by molar-refractivity contribution is -0.139. The number of carbonyl (C=O) groups is 3. The van der Waals surface area contributed by atoms with Crippen molar-refractivity contribution in [2.75, 3.05) is 18.5 Å². The van der Waals surface area contributed by atoms with Gasteiger partial charge >= 0.3 is 11.8 Å². The minimum absolute atomic E-state index is 0.122. The Balaban J connectivity index is 1.80. The summed E-state index contributed by atoms with van der Waals surface area (Å²) in [4.78, 5) is 35.4. The quantitative estimate of drug-likeness (QED) is 0.344. The van der Waals surface area contributed by atoms with Crippen LogP contribution in [0.15, 0.2) is 47.6 Å². The maximum absolute atomic E-state index is 12.2. The highest BCUT2D eigenvalue weighted by Crippen LogP contribution is 2.19. The minimum atomic E-state index is -0.827. The average molecular weight is 425 g/mol. The number of aryl methyl sites for hydroxylation is 2. The van der Waals surface area contributed by atoms with Gasteiger partial charge in [-0.15, -0.1) is 0 Å². The largest absolute Gasteiger partial charge is 0.484 e. The molecule has 0 fully saturated rings. The molecule has 2 aromatic rings. The predicted molar refractivity (Wildman–Crippen MR) is 120 cm³/mol. The second-order valence-corrected chi connectivity index (χ2v) is 7.48. The minimum Gasteiger partial charge on any atom is -0.484 e. The third-order valence-corrected chi connectivity index (χ3v) is 4.25. The summed E-state index contributed by atoms with van der Waals surface area (Å²) in [5.41, 5.74) is 5.63. The lowest BCUT2D eigenvalue weighted by Gasteiger charge is -2.12. The number of benzene rings is 2. The zero-order valence-corrected chi connectivity index (χ0v) is 18.2. The third kappa shape index (κ3) is 7.93. The summed E-state index contributed by atoms with van der Waals surface area (Å²) in [6.45, 7) is 8.03. The van der Waals surface area contributed by atoms with Crippen molar-refractivity contribution >= 4 is 29.6 Å². The first kappa shape index (κ1) is 23.6. The molecule has 0 aromatic heterocycles. The normalized spacial score (nSPS) is 10.7. The number of hydrogen-bond donors (Lipinski definition) is 3. The van der Waals surface area contributed by atoms with E-state index in [0.717, 1.165) is 16.8 Å². The number of nitrogens with zero attached hydrogens (tertiary/aromatic N) is 1. The maximum Gasteiger partial charge on any atom is 0.329 e. The first-order valence-corrected chi connectivity index (χ1v) is 9.96. The molecule has 0 saturated carbocycles. The Labute approximate surface area is 182 Å². The van der Waals surface area contributed by atoms with Gasteiger partial charge in [0.05, 0.1) is 6.21 Å². The monoisotopic (exact) mass is 424 g/mol. The molecular formula is C23H28N4O4. The lowest BCUT2D eigenvalue weighted by Crippen LogP contribution is -2.39. The van der Waals surface area contributed by atoms with Crippen LogP contribution in [0, 0.1) is 19.8 Å². The third-order valence-electron chi connectivity index (χ3n) is 4.25. The van der Waals surface area contributed by atoms with E-state index in [2.05, 4.69) is 21.2 Å². The Morgan fingerprint density at radius 3 is 2.26 bits per heavy atom. The summed E-state index contributed by atoms with van der Waals surface area (Å²) in [5, 5.41) is 9.14. The van der Waals surface area contributed by atoms with E-state index in [1.54, 1.807) is 24.3 Å². The smallest absolute Gasteiger partial charge is 0.329 e. The van der Waals surface area contributed by atoms with Crippen LogP contribution in [-0.4, -0.2) is 37.1 Å². The molecule has 0 aliphatic rings. The number of carbonyl (C=O) groups excluding carboxylic acids is 3. The Kier molecular flexibility index (Phi) is 8.75. The molecule has 0 aliphatic carbocycles. The van der Waals surface area contributed by atoms with E-state index >= 15 is 0 Å². The molecule has 8 nitrogen and oxygen atoms in total.